The van der Waals surface area contributed by atoms with Gasteiger partial charge in [-0.3, -0.25) is 8.80 Å². The first-order valence-corrected chi connectivity index (χ1v) is 34.2. The van der Waals surface area contributed by atoms with Gasteiger partial charge >= 0.3 is 7.12 Å². The number of rotatable bonds is 6. The quantitative estimate of drug-likeness (QED) is 0.123. The van der Waals surface area contributed by atoms with Crippen LogP contribution in [0.1, 0.15) is 27.7 Å². The Hall–Kier alpha value is -10.0. The van der Waals surface area contributed by atoms with Gasteiger partial charge in [0.15, 0.2) is 0 Å². The Bertz CT molecular complexity index is 5950. The molecule has 1 aliphatic rings. The van der Waals surface area contributed by atoms with Gasteiger partial charge in [-0.2, -0.15) is 0 Å². The molecule has 6 nitrogen and oxygen atoms in total. The molecule has 0 bridgehead atoms. The molecule has 0 N–H and O–H groups in total. The molecule has 10 heteroatoms. The van der Waals surface area contributed by atoms with E-state index in [9.17, 15) is 0 Å². The minimum absolute atomic E-state index is 0.381. The van der Waals surface area contributed by atoms with Crippen LogP contribution >= 0.6 is 38.6 Å². The Labute approximate surface area is 560 Å². The highest BCUT2D eigenvalue weighted by Crippen LogP contribution is 2.47. The third-order valence-electron chi connectivity index (χ3n) is 19.0. The van der Waals surface area contributed by atoms with Crippen molar-refractivity contribution in [3.8, 4) is 55.6 Å². The van der Waals surface area contributed by atoms with Gasteiger partial charge in [0.1, 0.15) is 32.0 Å². The summed E-state index contributed by atoms with van der Waals surface area (Å²) < 4.78 is 20.9. The number of halogens is 1. The van der Waals surface area contributed by atoms with E-state index in [4.69, 9.17) is 19.3 Å². The fourth-order valence-corrected chi connectivity index (χ4v) is 16.4. The van der Waals surface area contributed by atoms with Crippen molar-refractivity contribution in [1.82, 2.24) is 18.8 Å². The summed E-state index contributed by atoms with van der Waals surface area (Å²) >= 11 is 7.09. The summed E-state index contributed by atoms with van der Waals surface area (Å²) in [6, 6.07) is 99.6. The number of hydrogen-bond acceptors (Lipinski definition) is 6. The van der Waals surface area contributed by atoms with Gasteiger partial charge in [0.05, 0.1) is 11.2 Å². The van der Waals surface area contributed by atoms with Crippen LogP contribution in [-0.2, 0) is 9.31 Å². The monoisotopic (exact) mass is 1310 g/mol. The van der Waals surface area contributed by atoms with E-state index in [0.29, 0.717) is 0 Å². The van der Waals surface area contributed by atoms with E-state index >= 15 is 0 Å². The molecule has 1 fully saturated rings. The van der Waals surface area contributed by atoms with Crippen LogP contribution in [0.25, 0.3) is 151 Å². The first-order valence-electron chi connectivity index (χ1n) is 31.8. The zero-order valence-electron chi connectivity index (χ0n) is 52.1. The number of pyridine rings is 2. The summed E-state index contributed by atoms with van der Waals surface area (Å²) in [6.45, 7) is 8.41. The maximum absolute atomic E-state index is 6.42. The number of hydrogen-bond donors (Lipinski definition) is 0. The molecule has 0 amide bonds. The lowest BCUT2D eigenvalue weighted by Crippen LogP contribution is -2.41. The van der Waals surface area contributed by atoms with Gasteiger partial charge < -0.3 is 9.31 Å². The second kappa shape index (κ2) is 23.2. The van der Waals surface area contributed by atoms with E-state index in [-0.39, 0.29) is 11.2 Å². The topological polar surface area (TPSA) is 53.1 Å². The van der Waals surface area contributed by atoms with Crippen LogP contribution in [0.3, 0.4) is 0 Å². The van der Waals surface area contributed by atoms with Crippen LogP contribution in [0.5, 0.6) is 0 Å². The molecular weight excluding hydrogens is 1250 g/mol. The summed E-state index contributed by atoms with van der Waals surface area (Å²) in [5.41, 5.74) is 16.8. The van der Waals surface area contributed by atoms with Crippen molar-refractivity contribution in [2.45, 2.75) is 38.9 Å². The van der Waals surface area contributed by atoms with Gasteiger partial charge in [0.25, 0.3) is 0 Å². The van der Waals surface area contributed by atoms with Crippen molar-refractivity contribution in [1.29, 1.82) is 0 Å². The van der Waals surface area contributed by atoms with Crippen molar-refractivity contribution in [2.75, 3.05) is 0 Å². The molecule has 0 saturated carbocycles. The second-order valence-corrected chi connectivity index (χ2v) is 28.1. The summed E-state index contributed by atoms with van der Waals surface area (Å²) in [7, 11) is -0.403. The molecule has 0 radical (unpaired) electrons. The maximum atomic E-state index is 6.42. The molecule has 0 spiro atoms. The lowest BCUT2D eigenvalue weighted by atomic mass is 9.76. The van der Waals surface area contributed by atoms with Crippen LogP contribution in [0.15, 0.2) is 296 Å². The molecular formula is C84H60BBrN4O2S2. The Balaban J connectivity index is 0.000000116. The van der Waals surface area contributed by atoms with Gasteiger partial charge in [0.2, 0.25) is 0 Å². The number of fused-ring (bicyclic) bond motifs is 14. The fourth-order valence-electron chi connectivity index (χ4n) is 13.8. The summed E-state index contributed by atoms with van der Waals surface area (Å²) in [4.78, 5) is 12.1. The van der Waals surface area contributed by atoms with Crippen LogP contribution in [-0.4, -0.2) is 37.1 Å². The molecule has 19 rings (SSSR count). The van der Waals surface area contributed by atoms with E-state index in [1.165, 1.54) is 129 Å². The van der Waals surface area contributed by atoms with Crippen molar-refractivity contribution in [3.63, 3.8) is 0 Å². The summed E-state index contributed by atoms with van der Waals surface area (Å²) in [6.07, 6.45) is 4.32. The number of benzene rings is 12. The van der Waals surface area contributed by atoms with E-state index in [1.54, 1.807) is 22.7 Å². The van der Waals surface area contributed by atoms with E-state index in [0.717, 1.165) is 32.3 Å². The molecule has 7 heterocycles. The zero-order chi connectivity index (χ0) is 63.2. The highest BCUT2D eigenvalue weighted by atomic mass is 79.9. The molecule has 1 saturated heterocycles. The first-order chi connectivity index (χ1) is 46.0. The van der Waals surface area contributed by atoms with Crippen molar-refractivity contribution in [3.05, 3.63) is 296 Å². The van der Waals surface area contributed by atoms with E-state index < -0.39 is 7.12 Å². The zero-order valence-corrected chi connectivity index (χ0v) is 55.3. The summed E-state index contributed by atoms with van der Waals surface area (Å²) in [5.74, 6) is 0. The van der Waals surface area contributed by atoms with Crippen molar-refractivity contribution in [2.24, 2.45) is 0 Å². The molecule has 12 aromatic carbocycles. The standard InChI is InChI=1S/C39H24N2S.C32H29BO2.C13H7BrN2S/c1-3-11-25(12-4-1)36-29-15-7-8-16-30(29)37(26-13-5-2-6-14-26)33-23-27(19-21-31(33)36)28-20-22-35-40-38-32-17-9-10-18-34(32)42-39(38)41(35)24-28;1-31(2)32(3,4)35-33(34-31)24-19-20-27-28(21-24)30(23-15-9-6-10-16-23)26-18-12-11-17-25(26)29(27)22-13-7-5-8-14-22;14-8-5-6-11-15-12-9-3-1-2-4-10(9)17-13(12)16(11)7-8/h1-24H;5-21H,1-4H3;1-7H. The van der Waals surface area contributed by atoms with Crippen molar-refractivity contribution < 1.29 is 9.31 Å². The van der Waals surface area contributed by atoms with E-state index in [1.807, 2.05) is 12.1 Å². The third kappa shape index (κ3) is 9.90. The molecule has 0 aliphatic carbocycles. The second-order valence-electron chi connectivity index (χ2n) is 25.2. The van der Waals surface area contributed by atoms with Crippen LogP contribution in [0.2, 0.25) is 0 Å². The smallest absolute Gasteiger partial charge is 0.399 e. The molecule has 1 aliphatic heterocycles. The van der Waals surface area contributed by atoms with Gasteiger partial charge in [-0.25, -0.2) is 9.97 Å². The Morgan fingerprint density at radius 3 is 1.14 bits per heavy atom. The lowest BCUT2D eigenvalue weighted by Gasteiger charge is -2.32. The van der Waals surface area contributed by atoms with Gasteiger partial charge in [0, 0.05) is 37.0 Å². The van der Waals surface area contributed by atoms with Gasteiger partial charge in [-0.1, -0.05) is 237 Å². The predicted octanol–water partition coefficient (Wildman–Crippen LogP) is 23.1. The molecule has 0 atom stereocenters. The van der Waals surface area contributed by atoms with E-state index in [2.05, 4.69) is 332 Å². The molecule has 450 valence electrons. The van der Waals surface area contributed by atoms with Gasteiger partial charge in [-0.15, -0.1) is 22.7 Å². The van der Waals surface area contributed by atoms with Crippen LogP contribution < -0.4 is 5.46 Å². The molecule has 0 unspecified atom stereocenters. The number of nitrogens with zero attached hydrogens (tertiary/aromatic N) is 4. The first kappa shape index (κ1) is 57.8. The largest absolute Gasteiger partial charge is 0.494 e. The Morgan fingerprint density at radius 1 is 0.330 bits per heavy atom. The number of thiophene rings is 2. The highest BCUT2D eigenvalue weighted by Gasteiger charge is 2.51. The third-order valence-corrected chi connectivity index (χ3v) is 21.8. The Morgan fingerprint density at radius 2 is 0.681 bits per heavy atom. The average Bonchev–Trinajstić information content (AvgIpc) is 0.887. The molecule has 94 heavy (non-hydrogen) atoms. The minimum Gasteiger partial charge on any atom is -0.399 e. The van der Waals surface area contributed by atoms with Crippen LogP contribution in [0, 0.1) is 0 Å². The fraction of sp³-hybridized carbons (Fsp3) is 0.0714. The van der Waals surface area contributed by atoms with Crippen LogP contribution in [0.4, 0.5) is 0 Å². The van der Waals surface area contributed by atoms with Crippen molar-refractivity contribution >= 4 is 146 Å². The highest BCUT2D eigenvalue weighted by molar-refractivity contribution is 9.10. The molecule has 18 aromatic rings. The number of imidazole rings is 2. The normalized spacial score (nSPS) is 13.6. The SMILES string of the molecule is Brc1ccc2nc3c4ccccc4sc3n2c1.CC1(C)OB(c2ccc3c(-c4ccccc4)c4ccccc4c(-c4ccccc4)c3c2)OC1(C)C.c1ccc(-c2c3ccccc3c(-c3ccccc3)c3cc(-c4ccc5nc6c7ccccc7sc6n5c4)ccc23)cc1. The predicted molar refractivity (Wildman–Crippen MR) is 403 cm³/mol. The van der Waals surface area contributed by atoms with Gasteiger partial charge in [-0.05, 0) is 190 Å². The number of aromatic nitrogens is 4. The Kier molecular flexibility index (Phi) is 14.3. The minimum atomic E-state index is -0.403. The maximum Gasteiger partial charge on any atom is 0.494 e. The summed E-state index contributed by atoms with van der Waals surface area (Å²) in [5, 5.41) is 12.5. The lowest BCUT2D eigenvalue weighted by molar-refractivity contribution is 0.00578. The molecule has 6 aromatic heterocycles. The average molecular weight is 1310 g/mol.